The number of rotatable bonds is 6. The number of likely N-dealkylation sites (N-methyl/N-ethyl adjacent to an activating group) is 2. The van der Waals surface area contributed by atoms with Gasteiger partial charge in [-0.25, -0.2) is 0 Å². The number of nitrogens with zero attached hydrogens (tertiary/aromatic N) is 2. The minimum atomic E-state index is -4.28. The summed E-state index contributed by atoms with van der Waals surface area (Å²) in [5, 5.41) is 2.13. The Morgan fingerprint density at radius 2 is 1.84 bits per heavy atom. The molecule has 19 heavy (non-hydrogen) atoms. The van der Waals surface area contributed by atoms with E-state index in [1.807, 2.05) is 14.1 Å². The lowest BCUT2D eigenvalue weighted by Gasteiger charge is -2.49. The van der Waals surface area contributed by atoms with E-state index >= 15 is 0 Å². The highest BCUT2D eigenvalue weighted by atomic mass is 19.4. The van der Waals surface area contributed by atoms with E-state index < -0.39 is 12.7 Å². The maximum absolute atomic E-state index is 12.0. The number of hydrogen-bond acceptors (Lipinski definition) is 3. The van der Waals surface area contributed by atoms with E-state index in [1.54, 1.807) is 7.05 Å². The molecule has 0 aromatic rings. The smallest absolute Gasteiger partial charge is 0.343 e. The Labute approximate surface area is 111 Å². The third-order valence-electron chi connectivity index (χ3n) is 3.79. The quantitative estimate of drug-likeness (QED) is 0.791. The molecule has 0 heterocycles. The van der Waals surface area contributed by atoms with Gasteiger partial charge in [-0.15, -0.1) is 0 Å². The molecule has 1 aliphatic rings. The van der Waals surface area contributed by atoms with Crippen LogP contribution in [0.25, 0.3) is 0 Å². The molecule has 1 saturated carbocycles. The molecule has 0 atom stereocenters. The molecule has 0 radical (unpaired) electrons. The monoisotopic (exact) mass is 281 g/mol. The Morgan fingerprint density at radius 1 is 1.26 bits per heavy atom. The molecule has 0 spiro atoms. The van der Waals surface area contributed by atoms with E-state index in [1.165, 1.54) is 4.90 Å². The first-order valence-electron chi connectivity index (χ1n) is 6.35. The van der Waals surface area contributed by atoms with Gasteiger partial charge in [0.2, 0.25) is 5.91 Å². The van der Waals surface area contributed by atoms with Gasteiger partial charge in [-0.1, -0.05) is 0 Å². The van der Waals surface area contributed by atoms with Crippen molar-refractivity contribution in [1.29, 1.82) is 0 Å². The van der Waals surface area contributed by atoms with Crippen molar-refractivity contribution in [1.82, 2.24) is 15.1 Å². The highest BCUT2D eigenvalue weighted by Crippen LogP contribution is 2.36. The predicted molar refractivity (Wildman–Crippen MR) is 66.8 cm³/mol. The van der Waals surface area contributed by atoms with Crippen LogP contribution in [0.2, 0.25) is 0 Å². The van der Waals surface area contributed by atoms with E-state index in [2.05, 4.69) is 10.2 Å². The molecule has 0 saturated heterocycles. The van der Waals surface area contributed by atoms with Crippen molar-refractivity contribution >= 4 is 5.91 Å². The zero-order chi connectivity index (χ0) is 14.7. The highest BCUT2D eigenvalue weighted by Gasteiger charge is 2.40. The third-order valence-corrected chi connectivity index (χ3v) is 3.79. The first-order valence-corrected chi connectivity index (χ1v) is 6.35. The summed E-state index contributed by atoms with van der Waals surface area (Å²) >= 11 is 0. The fraction of sp³-hybridized carbons (Fsp3) is 0.917. The summed E-state index contributed by atoms with van der Waals surface area (Å²) in [7, 11) is 5.58. The number of alkyl halides is 3. The van der Waals surface area contributed by atoms with Gasteiger partial charge in [0.1, 0.15) is 0 Å². The second-order valence-electron chi connectivity index (χ2n) is 5.44. The molecule has 1 rings (SSSR count). The molecule has 0 bridgehead atoms. The second kappa shape index (κ2) is 6.09. The predicted octanol–water partition coefficient (Wildman–Crippen LogP) is 1.08. The van der Waals surface area contributed by atoms with Crippen LogP contribution in [0.15, 0.2) is 0 Å². The van der Waals surface area contributed by atoms with Crippen molar-refractivity contribution < 1.29 is 18.0 Å². The molecule has 0 unspecified atom stereocenters. The number of halogens is 3. The zero-order valence-corrected chi connectivity index (χ0v) is 11.7. The van der Waals surface area contributed by atoms with Crippen LogP contribution in [0.5, 0.6) is 0 Å². The molecule has 1 aliphatic carbocycles. The van der Waals surface area contributed by atoms with E-state index in [0.29, 0.717) is 6.54 Å². The molecule has 0 aromatic heterocycles. The minimum absolute atomic E-state index is 0.00552. The van der Waals surface area contributed by atoms with E-state index in [0.717, 1.165) is 19.3 Å². The minimum Gasteiger partial charge on any atom is -0.343 e. The number of carbonyl (C=O) groups is 1. The van der Waals surface area contributed by atoms with Crippen molar-refractivity contribution in [3.8, 4) is 0 Å². The van der Waals surface area contributed by atoms with Crippen LogP contribution in [-0.2, 0) is 4.79 Å². The van der Waals surface area contributed by atoms with Crippen LogP contribution >= 0.6 is 0 Å². The fourth-order valence-corrected chi connectivity index (χ4v) is 2.31. The topological polar surface area (TPSA) is 35.6 Å². The summed E-state index contributed by atoms with van der Waals surface area (Å²) in [5.41, 5.74) is -0.00552. The Hall–Kier alpha value is -0.820. The molecule has 7 heteroatoms. The number of hydrogen-bond donors (Lipinski definition) is 1. The van der Waals surface area contributed by atoms with Gasteiger partial charge in [0.15, 0.2) is 0 Å². The largest absolute Gasteiger partial charge is 0.401 e. The lowest BCUT2D eigenvalue weighted by molar-refractivity contribution is -0.135. The highest BCUT2D eigenvalue weighted by molar-refractivity contribution is 5.78. The summed E-state index contributed by atoms with van der Waals surface area (Å²) in [5.74, 6) is -0.308. The zero-order valence-electron chi connectivity index (χ0n) is 11.7. The van der Waals surface area contributed by atoms with Crippen molar-refractivity contribution in [3.63, 3.8) is 0 Å². The van der Waals surface area contributed by atoms with Crippen molar-refractivity contribution in [2.75, 3.05) is 40.8 Å². The standard InChI is InChI=1S/C12H22F3N3O/c1-17(2)11(5-4-6-11)9-18(3)10(19)7-16-8-12(13,14)15/h16H,4-9H2,1-3H3. The van der Waals surface area contributed by atoms with Gasteiger partial charge in [-0.05, 0) is 33.4 Å². The number of nitrogens with one attached hydrogen (secondary N) is 1. The lowest BCUT2D eigenvalue weighted by Crippen LogP contribution is -2.58. The van der Waals surface area contributed by atoms with Crippen molar-refractivity contribution in [2.24, 2.45) is 0 Å². The van der Waals surface area contributed by atoms with Gasteiger partial charge < -0.3 is 15.1 Å². The number of amides is 1. The molecule has 1 amide bonds. The maximum Gasteiger partial charge on any atom is 0.401 e. The van der Waals surface area contributed by atoms with Gasteiger partial charge in [-0.2, -0.15) is 13.2 Å². The summed E-state index contributed by atoms with van der Waals surface area (Å²) < 4.78 is 35.9. The molecular weight excluding hydrogens is 259 g/mol. The Morgan fingerprint density at radius 3 is 2.21 bits per heavy atom. The Bertz CT molecular complexity index is 314. The average molecular weight is 281 g/mol. The van der Waals surface area contributed by atoms with Gasteiger partial charge in [0, 0.05) is 19.1 Å². The van der Waals surface area contributed by atoms with Crippen LogP contribution in [-0.4, -0.2) is 68.2 Å². The average Bonchev–Trinajstić information content (AvgIpc) is 2.20. The summed E-state index contributed by atoms with van der Waals surface area (Å²) in [6.45, 7) is -0.850. The summed E-state index contributed by atoms with van der Waals surface area (Å²) in [6, 6.07) is 0. The van der Waals surface area contributed by atoms with Crippen LogP contribution in [0, 0.1) is 0 Å². The summed E-state index contributed by atoms with van der Waals surface area (Å²) in [4.78, 5) is 15.4. The summed E-state index contributed by atoms with van der Waals surface area (Å²) in [6.07, 6.45) is -1.11. The van der Waals surface area contributed by atoms with Crippen molar-refractivity contribution in [3.05, 3.63) is 0 Å². The van der Waals surface area contributed by atoms with Crippen LogP contribution in [0.3, 0.4) is 0 Å². The Kier molecular flexibility index (Phi) is 5.20. The first kappa shape index (κ1) is 16.2. The van der Waals surface area contributed by atoms with Gasteiger partial charge >= 0.3 is 6.18 Å². The van der Waals surface area contributed by atoms with Gasteiger partial charge in [0.05, 0.1) is 13.1 Å². The molecule has 4 nitrogen and oxygen atoms in total. The molecule has 0 aromatic carbocycles. The molecular formula is C12H22F3N3O. The van der Waals surface area contributed by atoms with Crippen LogP contribution < -0.4 is 5.32 Å². The number of carbonyl (C=O) groups excluding carboxylic acids is 1. The molecule has 1 N–H and O–H groups in total. The molecule has 112 valence electrons. The Balaban J connectivity index is 2.36. The van der Waals surface area contributed by atoms with Gasteiger partial charge in [0.25, 0.3) is 0 Å². The normalized spacial score (nSPS) is 18.3. The van der Waals surface area contributed by atoms with Crippen LogP contribution in [0.1, 0.15) is 19.3 Å². The molecule has 1 fully saturated rings. The SMILES string of the molecule is CN(CC1(N(C)C)CCC1)C(=O)CNCC(F)(F)F. The second-order valence-corrected chi connectivity index (χ2v) is 5.44. The first-order chi connectivity index (χ1) is 8.66. The van der Waals surface area contributed by atoms with E-state index in [-0.39, 0.29) is 18.0 Å². The fourth-order valence-electron chi connectivity index (χ4n) is 2.31. The molecule has 0 aliphatic heterocycles. The lowest BCUT2D eigenvalue weighted by atomic mass is 9.75. The van der Waals surface area contributed by atoms with E-state index in [4.69, 9.17) is 0 Å². The van der Waals surface area contributed by atoms with Gasteiger partial charge in [-0.3, -0.25) is 4.79 Å². The van der Waals surface area contributed by atoms with Crippen LogP contribution in [0.4, 0.5) is 13.2 Å². The van der Waals surface area contributed by atoms with Crippen molar-refractivity contribution in [2.45, 2.75) is 31.0 Å². The maximum atomic E-state index is 12.0. The van der Waals surface area contributed by atoms with E-state index in [9.17, 15) is 18.0 Å². The third kappa shape index (κ3) is 4.65.